The van der Waals surface area contributed by atoms with Gasteiger partial charge in [-0.2, -0.15) is 18.3 Å². The number of halogens is 6. The summed E-state index contributed by atoms with van der Waals surface area (Å²) in [6, 6.07) is 8.23. The molecule has 5 rings (SSSR count). The van der Waals surface area contributed by atoms with Gasteiger partial charge in [0, 0.05) is 22.7 Å². The lowest BCUT2D eigenvalue weighted by Gasteiger charge is -2.31. The second-order valence-corrected chi connectivity index (χ2v) is 10.2. The number of methoxy groups -OCH3 is 1. The molecule has 43 heavy (non-hydrogen) atoms. The van der Waals surface area contributed by atoms with Gasteiger partial charge in [-0.05, 0) is 67.8 Å². The molecule has 2 aromatic heterocycles. The van der Waals surface area contributed by atoms with E-state index in [9.17, 15) is 36.2 Å². The molecule has 14 heteroatoms. The predicted octanol–water partition coefficient (Wildman–Crippen LogP) is 5.71. The number of aliphatic hydroxyl groups is 1. The Morgan fingerprint density at radius 2 is 1.86 bits per heavy atom. The molecule has 1 aliphatic rings. The van der Waals surface area contributed by atoms with Gasteiger partial charge in [0.05, 0.1) is 25.4 Å². The van der Waals surface area contributed by atoms with Crippen molar-refractivity contribution in [1.29, 1.82) is 0 Å². The largest absolute Gasteiger partial charge is 0.494 e. The third kappa shape index (κ3) is 6.10. The molecule has 2 heterocycles. The number of aryl methyl sites for hydroxylation is 1. The van der Waals surface area contributed by atoms with E-state index in [4.69, 9.17) is 9.47 Å². The second kappa shape index (κ2) is 11.4. The number of alkyl halides is 5. The van der Waals surface area contributed by atoms with Gasteiger partial charge in [0.15, 0.2) is 0 Å². The first-order chi connectivity index (χ1) is 20.3. The van der Waals surface area contributed by atoms with Crippen LogP contribution in [0.4, 0.5) is 26.3 Å². The molecule has 2 N–H and O–H groups in total. The molecule has 1 saturated carbocycles. The molecule has 1 aliphatic carbocycles. The van der Waals surface area contributed by atoms with Gasteiger partial charge in [0.1, 0.15) is 35.1 Å². The van der Waals surface area contributed by atoms with E-state index < -0.39 is 48.8 Å². The number of rotatable bonds is 10. The number of aromatic nitrogens is 3. The number of carbonyl (C=O) groups excluding carboxylic acids is 1. The van der Waals surface area contributed by atoms with Gasteiger partial charge in [-0.3, -0.25) is 9.48 Å². The standard InChI is InChI=1S/C29H26F6N4O4/c1-15-9-22(37-25(26(15)43-13-23(31)32)16-3-5-19(30)6-4-16)28(41,29(33,34)35)14-36-27(40)17-10-18-12-39(20-7-8-20)38-24(18)21(11-17)42-2/h3-6,9-12,20,23,41H,7-8,13-14H2,1-2H3,(H,36,40)/t28-/m0/s1. The summed E-state index contributed by atoms with van der Waals surface area (Å²) in [6.07, 6.45) is -4.62. The summed E-state index contributed by atoms with van der Waals surface area (Å²) in [5.74, 6) is -1.62. The highest BCUT2D eigenvalue weighted by atomic mass is 19.4. The number of carbonyl (C=O) groups is 1. The molecule has 1 amide bonds. The fourth-order valence-electron chi connectivity index (χ4n) is 4.59. The molecule has 0 radical (unpaired) electrons. The normalized spacial score (nSPS) is 15.0. The van der Waals surface area contributed by atoms with E-state index >= 15 is 0 Å². The average molecular weight is 609 g/mol. The fraction of sp³-hybridized carbons (Fsp3) is 0.345. The number of ether oxygens (including phenoxy) is 2. The van der Waals surface area contributed by atoms with E-state index in [0.29, 0.717) is 10.9 Å². The van der Waals surface area contributed by atoms with Crippen molar-refractivity contribution in [3.05, 3.63) is 71.3 Å². The van der Waals surface area contributed by atoms with Crippen LogP contribution < -0.4 is 14.8 Å². The molecule has 4 aromatic rings. The van der Waals surface area contributed by atoms with Crippen molar-refractivity contribution in [2.75, 3.05) is 20.3 Å². The van der Waals surface area contributed by atoms with Crippen LogP contribution in [0.2, 0.25) is 0 Å². The van der Waals surface area contributed by atoms with Crippen LogP contribution >= 0.6 is 0 Å². The number of nitrogens with one attached hydrogen (secondary N) is 1. The highest BCUT2D eigenvalue weighted by molar-refractivity contribution is 5.99. The minimum atomic E-state index is -5.35. The number of hydrogen-bond acceptors (Lipinski definition) is 6. The van der Waals surface area contributed by atoms with E-state index in [1.807, 2.05) is 0 Å². The Labute approximate surface area is 241 Å². The maximum atomic E-state index is 14.5. The van der Waals surface area contributed by atoms with Gasteiger partial charge in [-0.25, -0.2) is 18.2 Å². The predicted molar refractivity (Wildman–Crippen MR) is 143 cm³/mol. The summed E-state index contributed by atoms with van der Waals surface area (Å²) in [4.78, 5) is 17.0. The lowest BCUT2D eigenvalue weighted by Crippen LogP contribution is -2.51. The number of hydrogen-bond donors (Lipinski definition) is 2. The van der Waals surface area contributed by atoms with Gasteiger partial charge in [-0.1, -0.05) is 0 Å². The van der Waals surface area contributed by atoms with Crippen LogP contribution in [0.1, 0.15) is 40.5 Å². The zero-order valence-electron chi connectivity index (χ0n) is 22.9. The van der Waals surface area contributed by atoms with Crippen molar-refractivity contribution < 1.29 is 45.7 Å². The second-order valence-electron chi connectivity index (χ2n) is 10.2. The number of nitrogens with zero attached hydrogens (tertiary/aromatic N) is 3. The van der Waals surface area contributed by atoms with E-state index in [2.05, 4.69) is 15.4 Å². The Hall–Kier alpha value is -4.33. The molecular weight excluding hydrogens is 582 g/mol. The highest BCUT2D eigenvalue weighted by Crippen LogP contribution is 2.42. The maximum Gasteiger partial charge on any atom is 0.424 e. The first-order valence-electron chi connectivity index (χ1n) is 13.1. The highest BCUT2D eigenvalue weighted by Gasteiger charge is 2.56. The Kier molecular flexibility index (Phi) is 7.99. The van der Waals surface area contributed by atoms with Crippen molar-refractivity contribution in [3.8, 4) is 22.8 Å². The van der Waals surface area contributed by atoms with Crippen LogP contribution in [0.5, 0.6) is 11.5 Å². The Morgan fingerprint density at radius 1 is 1.16 bits per heavy atom. The smallest absolute Gasteiger partial charge is 0.424 e. The molecule has 2 aromatic carbocycles. The van der Waals surface area contributed by atoms with Gasteiger partial charge in [0.2, 0.25) is 5.60 Å². The number of benzene rings is 2. The summed E-state index contributed by atoms with van der Waals surface area (Å²) < 4.78 is 95.1. The van der Waals surface area contributed by atoms with Crippen LogP contribution in [0.25, 0.3) is 22.2 Å². The number of amides is 1. The Balaban J connectivity index is 1.49. The van der Waals surface area contributed by atoms with E-state index in [1.165, 1.54) is 38.3 Å². The van der Waals surface area contributed by atoms with E-state index in [0.717, 1.165) is 31.0 Å². The van der Waals surface area contributed by atoms with Crippen LogP contribution in [0, 0.1) is 12.7 Å². The first-order valence-corrected chi connectivity index (χ1v) is 13.1. The zero-order chi connectivity index (χ0) is 31.1. The monoisotopic (exact) mass is 608 g/mol. The van der Waals surface area contributed by atoms with Crippen LogP contribution in [-0.4, -0.2) is 58.6 Å². The lowest BCUT2D eigenvalue weighted by atomic mass is 9.95. The average Bonchev–Trinajstić information content (AvgIpc) is 3.72. The van der Waals surface area contributed by atoms with Crippen LogP contribution in [0.3, 0.4) is 0 Å². The van der Waals surface area contributed by atoms with Crippen LogP contribution in [-0.2, 0) is 5.60 Å². The number of pyridine rings is 1. The molecule has 1 fully saturated rings. The third-order valence-electron chi connectivity index (χ3n) is 7.02. The van der Waals surface area contributed by atoms with Crippen molar-refractivity contribution in [3.63, 3.8) is 0 Å². The molecule has 0 bridgehead atoms. The molecule has 0 aliphatic heterocycles. The molecule has 228 valence electrons. The van der Waals surface area contributed by atoms with Gasteiger partial charge in [-0.15, -0.1) is 0 Å². The van der Waals surface area contributed by atoms with Crippen LogP contribution in [0.15, 0.2) is 48.7 Å². The van der Waals surface area contributed by atoms with E-state index in [1.54, 1.807) is 10.9 Å². The fourth-order valence-corrected chi connectivity index (χ4v) is 4.59. The maximum absolute atomic E-state index is 14.5. The number of fused-ring (bicyclic) bond motifs is 1. The Morgan fingerprint density at radius 3 is 2.47 bits per heavy atom. The summed E-state index contributed by atoms with van der Waals surface area (Å²) in [6.45, 7) is -1.13. The van der Waals surface area contributed by atoms with Gasteiger partial charge >= 0.3 is 6.18 Å². The molecule has 0 unspecified atom stereocenters. The van der Waals surface area contributed by atoms with Gasteiger partial charge < -0.3 is 19.9 Å². The molecule has 0 saturated heterocycles. The summed E-state index contributed by atoms with van der Waals surface area (Å²) >= 11 is 0. The first kappa shape index (κ1) is 30.1. The molecule has 0 spiro atoms. The summed E-state index contributed by atoms with van der Waals surface area (Å²) in [7, 11) is 1.37. The minimum absolute atomic E-state index is 0.0314. The van der Waals surface area contributed by atoms with Crippen molar-refractivity contribution in [1.82, 2.24) is 20.1 Å². The molecule has 1 atom stereocenters. The Bertz CT molecular complexity index is 1650. The lowest BCUT2D eigenvalue weighted by molar-refractivity contribution is -0.265. The molecular formula is C29H26F6N4O4. The summed E-state index contributed by atoms with van der Waals surface area (Å²) in [5.41, 5.74) is -4.52. The quantitative estimate of drug-likeness (QED) is 0.224. The molecule has 8 nitrogen and oxygen atoms in total. The topological polar surface area (TPSA) is 98.5 Å². The third-order valence-corrected chi connectivity index (χ3v) is 7.02. The summed E-state index contributed by atoms with van der Waals surface area (Å²) in [5, 5.41) is 18.2. The van der Waals surface area contributed by atoms with Crippen molar-refractivity contribution in [2.24, 2.45) is 0 Å². The zero-order valence-corrected chi connectivity index (χ0v) is 22.9. The SMILES string of the molecule is COc1cc(C(=O)NC[C@](O)(c2cc(C)c(OCC(F)F)c(-c3ccc(F)cc3)n2)C(F)(F)F)cc2cn(C3CC3)nc12. The van der Waals surface area contributed by atoms with Gasteiger partial charge in [0.25, 0.3) is 12.3 Å². The van der Waals surface area contributed by atoms with E-state index in [-0.39, 0.29) is 39.9 Å². The minimum Gasteiger partial charge on any atom is -0.494 e. The van der Waals surface area contributed by atoms with Crippen molar-refractivity contribution >= 4 is 16.8 Å². The van der Waals surface area contributed by atoms with Crippen molar-refractivity contribution in [2.45, 2.75) is 44.0 Å².